The maximum Gasteiger partial charge on any atom is 0.155 e. The van der Waals surface area contributed by atoms with Gasteiger partial charge in [0.25, 0.3) is 0 Å². The SMILES string of the molecule is OC1(Cc2cnc3cnccn23)CCNCC1. The van der Waals surface area contributed by atoms with Crippen LogP contribution in [0, 0.1) is 0 Å². The molecule has 1 aliphatic rings. The van der Waals surface area contributed by atoms with E-state index in [9.17, 15) is 5.11 Å². The highest BCUT2D eigenvalue weighted by atomic mass is 16.3. The van der Waals surface area contributed by atoms with Crippen molar-refractivity contribution in [3.05, 3.63) is 30.5 Å². The van der Waals surface area contributed by atoms with Crippen LogP contribution in [0.25, 0.3) is 5.65 Å². The van der Waals surface area contributed by atoms with E-state index < -0.39 is 5.60 Å². The summed E-state index contributed by atoms with van der Waals surface area (Å²) >= 11 is 0. The summed E-state index contributed by atoms with van der Waals surface area (Å²) in [5.41, 5.74) is 1.29. The van der Waals surface area contributed by atoms with Crippen molar-refractivity contribution < 1.29 is 5.11 Å². The van der Waals surface area contributed by atoms with Gasteiger partial charge < -0.3 is 14.8 Å². The first-order valence-corrected chi connectivity index (χ1v) is 5.96. The van der Waals surface area contributed by atoms with E-state index in [0.717, 1.165) is 37.3 Å². The lowest BCUT2D eigenvalue weighted by atomic mass is 9.88. The molecular formula is C12H16N4O. The number of fused-ring (bicyclic) bond motifs is 1. The number of piperidine rings is 1. The van der Waals surface area contributed by atoms with Crippen LogP contribution in [0.4, 0.5) is 0 Å². The second-order valence-corrected chi connectivity index (χ2v) is 4.71. The number of hydrogen-bond donors (Lipinski definition) is 2. The van der Waals surface area contributed by atoms with E-state index in [-0.39, 0.29) is 0 Å². The Bertz CT molecular complexity index is 516. The van der Waals surface area contributed by atoms with Crippen LogP contribution in [0.5, 0.6) is 0 Å². The molecule has 0 bridgehead atoms. The number of nitrogens with one attached hydrogen (secondary N) is 1. The van der Waals surface area contributed by atoms with Crippen molar-refractivity contribution in [3.63, 3.8) is 0 Å². The highest BCUT2D eigenvalue weighted by Gasteiger charge is 2.30. The molecule has 0 spiro atoms. The Balaban J connectivity index is 1.89. The Kier molecular flexibility index (Phi) is 2.57. The summed E-state index contributed by atoms with van der Waals surface area (Å²) in [5, 5.41) is 13.8. The predicted octanol–water partition coefficient (Wildman–Crippen LogP) is 0.386. The molecule has 90 valence electrons. The molecule has 2 N–H and O–H groups in total. The minimum atomic E-state index is -0.593. The van der Waals surface area contributed by atoms with E-state index in [1.54, 1.807) is 12.4 Å². The van der Waals surface area contributed by atoms with Gasteiger partial charge in [-0.15, -0.1) is 0 Å². The maximum absolute atomic E-state index is 10.5. The van der Waals surface area contributed by atoms with Crippen LogP contribution in [0.15, 0.2) is 24.8 Å². The fourth-order valence-electron chi connectivity index (χ4n) is 2.43. The number of hydrogen-bond acceptors (Lipinski definition) is 4. The fraction of sp³-hybridized carbons (Fsp3) is 0.500. The van der Waals surface area contributed by atoms with Gasteiger partial charge in [0.15, 0.2) is 5.65 Å². The van der Waals surface area contributed by atoms with E-state index in [1.807, 2.05) is 16.8 Å². The summed E-state index contributed by atoms with van der Waals surface area (Å²) in [6.07, 6.45) is 9.44. The standard InChI is InChI=1S/C12H16N4O/c17-12(1-3-13-4-2-12)7-10-8-15-11-9-14-5-6-16(10)11/h5-6,8-9,13,17H,1-4,7H2. The van der Waals surface area contributed by atoms with Gasteiger partial charge >= 0.3 is 0 Å². The van der Waals surface area contributed by atoms with Gasteiger partial charge in [0, 0.05) is 30.7 Å². The molecule has 2 aromatic rings. The van der Waals surface area contributed by atoms with Crippen molar-refractivity contribution in [2.45, 2.75) is 24.9 Å². The van der Waals surface area contributed by atoms with Crippen LogP contribution >= 0.6 is 0 Å². The molecule has 1 aliphatic heterocycles. The molecule has 3 rings (SSSR count). The van der Waals surface area contributed by atoms with E-state index in [4.69, 9.17) is 0 Å². The molecule has 0 aliphatic carbocycles. The van der Waals surface area contributed by atoms with Crippen LogP contribution < -0.4 is 5.32 Å². The summed E-state index contributed by atoms with van der Waals surface area (Å²) in [6.45, 7) is 1.77. The van der Waals surface area contributed by atoms with Gasteiger partial charge in [-0.3, -0.25) is 4.98 Å². The van der Waals surface area contributed by atoms with Crippen molar-refractivity contribution in [2.75, 3.05) is 13.1 Å². The van der Waals surface area contributed by atoms with E-state index in [2.05, 4.69) is 15.3 Å². The van der Waals surface area contributed by atoms with Crippen LogP contribution in [-0.4, -0.2) is 38.2 Å². The van der Waals surface area contributed by atoms with Gasteiger partial charge in [-0.2, -0.15) is 0 Å². The zero-order valence-corrected chi connectivity index (χ0v) is 9.63. The molecule has 0 aromatic carbocycles. The number of imidazole rings is 1. The molecule has 1 saturated heterocycles. The maximum atomic E-state index is 10.5. The zero-order valence-electron chi connectivity index (χ0n) is 9.63. The lowest BCUT2D eigenvalue weighted by Crippen LogP contribution is -2.43. The fourth-order valence-corrected chi connectivity index (χ4v) is 2.43. The van der Waals surface area contributed by atoms with Crippen LogP contribution in [-0.2, 0) is 6.42 Å². The van der Waals surface area contributed by atoms with Gasteiger partial charge in [0.2, 0.25) is 0 Å². The Morgan fingerprint density at radius 3 is 3.00 bits per heavy atom. The van der Waals surface area contributed by atoms with Crippen LogP contribution in [0.1, 0.15) is 18.5 Å². The molecule has 5 heteroatoms. The highest BCUT2D eigenvalue weighted by Crippen LogP contribution is 2.23. The van der Waals surface area contributed by atoms with Crippen LogP contribution in [0.2, 0.25) is 0 Å². The van der Waals surface area contributed by atoms with Gasteiger partial charge in [-0.25, -0.2) is 4.98 Å². The minimum absolute atomic E-state index is 0.593. The summed E-state index contributed by atoms with van der Waals surface area (Å²) in [6, 6.07) is 0. The average molecular weight is 232 g/mol. The monoisotopic (exact) mass is 232 g/mol. The molecule has 0 amide bonds. The van der Waals surface area contributed by atoms with E-state index in [0.29, 0.717) is 6.42 Å². The van der Waals surface area contributed by atoms with E-state index >= 15 is 0 Å². The second-order valence-electron chi connectivity index (χ2n) is 4.71. The Hall–Kier alpha value is -1.46. The van der Waals surface area contributed by atoms with Crippen molar-refractivity contribution >= 4 is 5.65 Å². The molecule has 0 radical (unpaired) electrons. The zero-order chi connectivity index (χ0) is 11.7. The number of rotatable bonds is 2. The summed E-state index contributed by atoms with van der Waals surface area (Å²) in [4.78, 5) is 8.32. The average Bonchev–Trinajstić information content (AvgIpc) is 2.73. The minimum Gasteiger partial charge on any atom is -0.389 e. The summed E-state index contributed by atoms with van der Waals surface area (Å²) in [5.74, 6) is 0. The topological polar surface area (TPSA) is 62.5 Å². The molecule has 2 aromatic heterocycles. The quantitative estimate of drug-likeness (QED) is 0.786. The molecular weight excluding hydrogens is 216 g/mol. The normalized spacial score (nSPS) is 19.6. The molecule has 0 unspecified atom stereocenters. The summed E-state index contributed by atoms with van der Waals surface area (Å²) < 4.78 is 1.99. The van der Waals surface area contributed by atoms with Gasteiger partial charge in [0.05, 0.1) is 11.8 Å². The first kappa shape index (κ1) is 10.7. The van der Waals surface area contributed by atoms with Gasteiger partial charge in [-0.1, -0.05) is 0 Å². The number of nitrogens with zero attached hydrogens (tertiary/aromatic N) is 3. The molecule has 17 heavy (non-hydrogen) atoms. The largest absolute Gasteiger partial charge is 0.389 e. The number of aromatic nitrogens is 3. The van der Waals surface area contributed by atoms with Crippen molar-refractivity contribution in [1.29, 1.82) is 0 Å². The highest BCUT2D eigenvalue weighted by molar-refractivity contribution is 5.37. The van der Waals surface area contributed by atoms with Crippen molar-refractivity contribution in [1.82, 2.24) is 19.7 Å². The molecule has 1 fully saturated rings. The lowest BCUT2D eigenvalue weighted by Gasteiger charge is -2.32. The Morgan fingerprint density at radius 2 is 2.18 bits per heavy atom. The Labute approximate surface area is 99.5 Å². The third kappa shape index (κ3) is 2.03. The lowest BCUT2D eigenvalue weighted by molar-refractivity contribution is 0.00985. The first-order valence-electron chi connectivity index (χ1n) is 5.96. The van der Waals surface area contributed by atoms with Crippen molar-refractivity contribution in [3.8, 4) is 0 Å². The third-order valence-corrected chi connectivity index (χ3v) is 3.44. The molecule has 0 saturated carbocycles. The van der Waals surface area contributed by atoms with Crippen molar-refractivity contribution in [2.24, 2.45) is 0 Å². The third-order valence-electron chi connectivity index (χ3n) is 3.44. The smallest absolute Gasteiger partial charge is 0.155 e. The number of aliphatic hydroxyl groups is 1. The van der Waals surface area contributed by atoms with Crippen LogP contribution in [0.3, 0.4) is 0 Å². The first-order chi connectivity index (χ1) is 8.27. The predicted molar refractivity (Wildman–Crippen MR) is 63.7 cm³/mol. The van der Waals surface area contributed by atoms with Gasteiger partial charge in [0.1, 0.15) is 0 Å². The second kappa shape index (κ2) is 4.09. The molecule has 5 nitrogen and oxygen atoms in total. The van der Waals surface area contributed by atoms with E-state index in [1.165, 1.54) is 0 Å². The van der Waals surface area contributed by atoms with Gasteiger partial charge in [-0.05, 0) is 25.9 Å². The summed E-state index contributed by atoms with van der Waals surface area (Å²) in [7, 11) is 0. The Morgan fingerprint density at radius 1 is 1.35 bits per heavy atom. The molecule has 0 atom stereocenters. The molecule has 3 heterocycles.